The van der Waals surface area contributed by atoms with Crippen LogP contribution in [0.1, 0.15) is 52.5 Å². The Morgan fingerprint density at radius 2 is 1.96 bits per heavy atom. The van der Waals surface area contributed by atoms with Gasteiger partial charge in [0.1, 0.15) is 5.56 Å². The van der Waals surface area contributed by atoms with Crippen molar-refractivity contribution < 1.29 is 4.79 Å². The predicted octanol–water partition coefficient (Wildman–Crippen LogP) is 1.03. The van der Waals surface area contributed by atoms with Crippen LogP contribution in [0, 0.1) is 0 Å². The number of hydrogen-bond acceptors (Lipinski definition) is 5. The Morgan fingerprint density at radius 1 is 1.18 bits per heavy atom. The molecule has 1 amide bonds. The van der Waals surface area contributed by atoms with Gasteiger partial charge in [-0.3, -0.25) is 19.4 Å². The number of likely N-dealkylation sites (tertiary alicyclic amines) is 1. The Labute approximate surface area is 162 Å². The molecule has 28 heavy (non-hydrogen) atoms. The molecule has 1 unspecified atom stereocenters. The fraction of sp³-hybridized carbons (Fsp3) is 0.500. The van der Waals surface area contributed by atoms with E-state index in [9.17, 15) is 14.4 Å². The fourth-order valence-electron chi connectivity index (χ4n) is 4.07. The molecule has 1 aliphatic carbocycles. The van der Waals surface area contributed by atoms with Gasteiger partial charge in [0.25, 0.3) is 17.0 Å². The molecular weight excluding hydrogens is 358 g/mol. The van der Waals surface area contributed by atoms with Crippen molar-refractivity contribution in [2.45, 2.75) is 38.0 Å². The number of H-pyrrole nitrogens is 2. The number of aromatic amines is 2. The number of fused-ring (bicyclic) bond motifs is 1. The van der Waals surface area contributed by atoms with Gasteiger partial charge in [0.2, 0.25) is 5.95 Å². The van der Waals surface area contributed by atoms with Crippen LogP contribution in [0.4, 0.5) is 5.95 Å². The highest BCUT2D eigenvalue weighted by Crippen LogP contribution is 2.27. The molecule has 2 aromatic heterocycles. The van der Waals surface area contributed by atoms with E-state index in [1.807, 2.05) is 14.1 Å². The molecule has 148 valence electrons. The number of rotatable bonds is 3. The lowest BCUT2D eigenvalue weighted by Crippen LogP contribution is -2.34. The fourth-order valence-corrected chi connectivity index (χ4v) is 4.07. The molecule has 4 rings (SSSR count). The van der Waals surface area contributed by atoms with E-state index in [0.717, 1.165) is 43.4 Å². The zero-order valence-corrected chi connectivity index (χ0v) is 16.2. The second kappa shape index (κ2) is 7.26. The van der Waals surface area contributed by atoms with E-state index in [-0.39, 0.29) is 28.5 Å². The molecule has 3 heterocycles. The molecule has 1 atom stereocenters. The summed E-state index contributed by atoms with van der Waals surface area (Å²) in [5.74, 6) is 0.245. The van der Waals surface area contributed by atoms with E-state index in [2.05, 4.69) is 15.0 Å². The molecule has 1 saturated heterocycles. The van der Waals surface area contributed by atoms with Crippen LogP contribution in [0.15, 0.2) is 21.7 Å². The predicted molar refractivity (Wildman–Crippen MR) is 106 cm³/mol. The number of carbonyl (C=O) groups is 1. The maximum absolute atomic E-state index is 13.0. The third-order valence-electron chi connectivity index (χ3n) is 5.63. The maximum atomic E-state index is 13.0. The smallest absolute Gasteiger partial charge is 0.261 e. The first-order valence-corrected chi connectivity index (χ1v) is 9.75. The summed E-state index contributed by atoms with van der Waals surface area (Å²) in [6.45, 7) is 1.00. The lowest BCUT2D eigenvalue weighted by Gasteiger charge is -2.19. The molecule has 2 N–H and O–H groups in total. The van der Waals surface area contributed by atoms with E-state index >= 15 is 0 Å². The summed E-state index contributed by atoms with van der Waals surface area (Å²) in [5, 5.41) is 0. The number of nitrogens with zero attached hydrogens (tertiary/aromatic N) is 3. The van der Waals surface area contributed by atoms with E-state index in [0.29, 0.717) is 24.7 Å². The third-order valence-corrected chi connectivity index (χ3v) is 5.63. The number of pyridine rings is 1. The molecular formula is C20H25N5O3. The molecule has 2 aliphatic rings. The zero-order chi connectivity index (χ0) is 19.8. The number of aromatic nitrogens is 3. The lowest BCUT2D eigenvalue weighted by molar-refractivity contribution is 0.0788. The third kappa shape index (κ3) is 3.46. The Kier molecular flexibility index (Phi) is 4.78. The van der Waals surface area contributed by atoms with Crippen molar-refractivity contribution in [3.05, 3.63) is 55.4 Å². The molecule has 1 aliphatic heterocycles. The van der Waals surface area contributed by atoms with Crippen LogP contribution in [-0.4, -0.2) is 52.9 Å². The van der Waals surface area contributed by atoms with Gasteiger partial charge >= 0.3 is 0 Å². The van der Waals surface area contributed by atoms with Crippen molar-refractivity contribution in [3.8, 4) is 0 Å². The van der Waals surface area contributed by atoms with Gasteiger partial charge in [-0.2, -0.15) is 0 Å². The maximum Gasteiger partial charge on any atom is 0.261 e. The summed E-state index contributed by atoms with van der Waals surface area (Å²) in [5.41, 5.74) is 2.44. The second-order valence-electron chi connectivity index (χ2n) is 7.85. The van der Waals surface area contributed by atoms with Gasteiger partial charge in [-0.05, 0) is 43.7 Å². The average molecular weight is 383 g/mol. The summed E-state index contributed by atoms with van der Waals surface area (Å²) in [4.78, 5) is 50.9. The van der Waals surface area contributed by atoms with Gasteiger partial charge in [0.05, 0.1) is 5.69 Å². The molecule has 1 fully saturated rings. The Bertz CT molecular complexity index is 1020. The summed E-state index contributed by atoms with van der Waals surface area (Å²) >= 11 is 0. The Morgan fingerprint density at radius 3 is 2.75 bits per heavy atom. The minimum Gasteiger partial charge on any atom is -0.348 e. The van der Waals surface area contributed by atoms with E-state index in [4.69, 9.17) is 0 Å². The van der Waals surface area contributed by atoms with Gasteiger partial charge in [0.15, 0.2) is 0 Å². The van der Waals surface area contributed by atoms with E-state index in [1.165, 1.54) is 6.07 Å². The van der Waals surface area contributed by atoms with Crippen molar-refractivity contribution in [2.75, 3.05) is 32.1 Å². The molecule has 0 radical (unpaired) electrons. The SMILES string of the molecule is CN(C)c1nc(C2CCN(C(=O)c3cc4c([nH]c3=O)CCCC4)C2)cc(=O)[nH]1. The lowest BCUT2D eigenvalue weighted by atomic mass is 9.95. The summed E-state index contributed by atoms with van der Waals surface area (Å²) in [7, 11) is 3.63. The van der Waals surface area contributed by atoms with Gasteiger partial charge in [0, 0.05) is 44.9 Å². The van der Waals surface area contributed by atoms with Gasteiger partial charge in [-0.25, -0.2) is 4.98 Å². The van der Waals surface area contributed by atoms with Crippen LogP contribution in [0.5, 0.6) is 0 Å². The van der Waals surface area contributed by atoms with E-state index in [1.54, 1.807) is 15.9 Å². The highest BCUT2D eigenvalue weighted by atomic mass is 16.2. The number of nitrogens with one attached hydrogen (secondary N) is 2. The number of amides is 1. The summed E-state index contributed by atoms with van der Waals surface area (Å²) in [6, 6.07) is 3.27. The van der Waals surface area contributed by atoms with Crippen molar-refractivity contribution in [2.24, 2.45) is 0 Å². The van der Waals surface area contributed by atoms with Crippen LogP contribution in [0.3, 0.4) is 0 Å². The van der Waals surface area contributed by atoms with Crippen molar-refractivity contribution in [1.29, 1.82) is 0 Å². The highest BCUT2D eigenvalue weighted by molar-refractivity contribution is 5.94. The van der Waals surface area contributed by atoms with E-state index < -0.39 is 0 Å². The molecule has 8 heteroatoms. The number of carbonyl (C=O) groups excluding carboxylic acids is 1. The first-order chi connectivity index (χ1) is 13.4. The number of anilines is 1. The van der Waals surface area contributed by atoms with Crippen LogP contribution in [0.25, 0.3) is 0 Å². The van der Waals surface area contributed by atoms with Crippen molar-refractivity contribution in [3.63, 3.8) is 0 Å². The first-order valence-electron chi connectivity index (χ1n) is 9.75. The first kappa shape index (κ1) is 18.5. The Hall–Kier alpha value is -2.90. The minimum atomic E-state index is -0.307. The quantitative estimate of drug-likeness (QED) is 0.824. The van der Waals surface area contributed by atoms with Crippen LogP contribution in [0.2, 0.25) is 0 Å². The van der Waals surface area contributed by atoms with Crippen LogP contribution < -0.4 is 16.0 Å². The topological polar surface area (TPSA) is 102 Å². The average Bonchev–Trinajstić information content (AvgIpc) is 3.16. The zero-order valence-electron chi connectivity index (χ0n) is 16.2. The second-order valence-corrected chi connectivity index (χ2v) is 7.85. The number of aryl methyl sites for hydroxylation is 2. The molecule has 0 bridgehead atoms. The van der Waals surface area contributed by atoms with Gasteiger partial charge in [-0.1, -0.05) is 0 Å². The molecule has 0 spiro atoms. The number of hydrogen-bond donors (Lipinski definition) is 2. The molecule has 8 nitrogen and oxygen atoms in total. The van der Waals surface area contributed by atoms with Gasteiger partial charge < -0.3 is 14.8 Å². The Balaban J connectivity index is 1.56. The van der Waals surface area contributed by atoms with Crippen molar-refractivity contribution >= 4 is 11.9 Å². The summed E-state index contributed by atoms with van der Waals surface area (Å²) < 4.78 is 0. The monoisotopic (exact) mass is 383 g/mol. The van der Waals surface area contributed by atoms with Crippen molar-refractivity contribution in [1.82, 2.24) is 19.9 Å². The van der Waals surface area contributed by atoms with Crippen LogP contribution in [-0.2, 0) is 12.8 Å². The molecule has 0 aromatic carbocycles. The molecule has 2 aromatic rings. The van der Waals surface area contributed by atoms with Crippen LogP contribution >= 0.6 is 0 Å². The largest absolute Gasteiger partial charge is 0.348 e. The standard InChI is InChI=1S/C20H25N5O3/c1-24(2)20-22-16(10-17(26)23-20)13-7-8-25(11-13)19(28)14-9-12-5-3-4-6-15(12)21-18(14)27/h9-10,13H,3-8,11H2,1-2H3,(H,21,27)(H,22,23,26). The molecule has 0 saturated carbocycles. The normalized spacial score (nSPS) is 18.8. The van der Waals surface area contributed by atoms with Gasteiger partial charge in [-0.15, -0.1) is 0 Å². The summed E-state index contributed by atoms with van der Waals surface area (Å²) in [6.07, 6.45) is 4.65. The minimum absolute atomic E-state index is 0.0124. The highest BCUT2D eigenvalue weighted by Gasteiger charge is 2.31.